The summed E-state index contributed by atoms with van der Waals surface area (Å²) in [7, 11) is 0. The Kier molecular flexibility index (Phi) is 5.82. The van der Waals surface area contributed by atoms with E-state index in [2.05, 4.69) is 19.9 Å². The van der Waals surface area contributed by atoms with Gasteiger partial charge in [-0.15, -0.1) is 0 Å². The molecular formula is C21H35NO2. The number of carbonyl (C=O) groups is 1. The fraction of sp³-hybridized carbons (Fsp3) is 0.857. The van der Waals surface area contributed by atoms with Gasteiger partial charge in [-0.1, -0.05) is 25.5 Å². The van der Waals surface area contributed by atoms with Crippen LogP contribution in [-0.4, -0.2) is 25.0 Å². The Morgan fingerprint density at radius 3 is 2.83 bits per heavy atom. The molecule has 0 aliphatic heterocycles. The Hall–Kier alpha value is -0.670. The molecule has 0 aromatic carbocycles. The fourth-order valence-corrected chi connectivity index (χ4v) is 5.58. The molecule has 0 aromatic heterocycles. The van der Waals surface area contributed by atoms with Crippen molar-refractivity contribution in [1.82, 2.24) is 0 Å². The van der Waals surface area contributed by atoms with Gasteiger partial charge in [-0.2, -0.15) is 0 Å². The summed E-state index contributed by atoms with van der Waals surface area (Å²) < 4.78 is 5.91. The lowest BCUT2D eigenvalue weighted by molar-refractivity contribution is -0.122. The van der Waals surface area contributed by atoms with Gasteiger partial charge in [-0.3, -0.25) is 4.79 Å². The van der Waals surface area contributed by atoms with E-state index in [1.54, 1.807) is 5.57 Å². The molecule has 2 saturated carbocycles. The molecule has 2 N–H and O–H groups in total. The summed E-state index contributed by atoms with van der Waals surface area (Å²) in [6.45, 7) is 5.91. The molecule has 0 bridgehead atoms. The number of Topliss-reactive ketones (excluding diaryl/α,β-unsaturated/α-hetero) is 1. The molecule has 5 unspecified atom stereocenters. The lowest BCUT2D eigenvalue weighted by Crippen LogP contribution is -2.42. The van der Waals surface area contributed by atoms with Crippen molar-refractivity contribution in [3.63, 3.8) is 0 Å². The van der Waals surface area contributed by atoms with Gasteiger partial charge >= 0.3 is 0 Å². The zero-order valence-electron chi connectivity index (χ0n) is 15.6. The number of rotatable bonds is 3. The highest BCUT2D eigenvalue weighted by Gasteiger charge is 2.46. The number of hydrogen-bond acceptors (Lipinski definition) is 3. The molecule has 0 heterocycles. The van der Waals surface area contributed by atoms with Crippen LogP contribution >= 0.6 is 0 Å². The van der Waals surface area contributed by atoms with Crippen molar-refractivity contribution in [3.8, 4) is 0 Å². The number of hydrogen-bond donors (Lipinski definition) is 1. The highest BCUT2D eigenvalue weighted by atomic mass is 16.5. The van der Waals surface area contributed by atoms with Gasteiger partial charge in [0, 0.05) is 18.9 Å². The third-order valence-electron chi connectivity index (χ3n) is 7.15. The van der Waals surface area contributed by atoms with Crippen molar-refractivity contribution in [3.05, 3.63) is 11.6 Å². The zero-order chi connectivity index (χ0) is 17.2. The molecule has 3 nitrogen and oxygen atoms in total. The molecular weight excluding hydrogens is 298 g/mol. The van der Waals surface area contributed by atoms with Crippen LogP contribution in [0, 0.1) is 23.2 Å². The number of ketones is 1. The van der Waals surface area contributed by atoms with Gasteiger partial charge in [-0.25, -0.2) is 0 Å². The number of carbonyl (C=O) groups excluding carboxylic acids is 1. The molecule has 136 valence electrons. The van der Waals surface area contributed by atoms with Crippen molar-refractivity contribution in [2.75, 3.05) is 13.2 Å². The minimum atomic E-state index is 0.255. The van der Waals surface area contributed by atoms with Crippen LogP contribution in [-0.2, 0) is 9.53 Å². The van der Waals surface area contributed by atoms with Crippen LogP contribution in [0.4, 0.5) is 0 Å². The third kappa shape index (κ3) is 3.62. The minimum Gasteiger partial charge on any atom is -0.373 e. The number of nitrogens with two attached hydrogens (primary N) is 1. The van der Waals surface area contributed by atoms with E-state index in [0.29, 0.717) is 24.3 Å². The molecule has 3 heteroatoms. The summed E-state index contributed by atoms with van der Waals surface area (Å²) in [5, 5.41) is 0. The van der Waals surface area contributed by atoms with E-state index < -0.39 is 0 Å². The second kappa shape index (κ2) is 7.70. The summed E-state index contributed by atoms with van der Waals surface area (Å²) in [4.78, 5) is 12.2. The van der Waals surface area contributed by atoms with Gasteiger partial charge in [0.15, 0.2) is 0 Å². The maximum Gasteiger partial charge on any atom is 0.135 e. The van der Waals surface area contributed by atoms with Gasteiger partial charge < -0.3 is 10.5 Å². The average Bonchev–Trinajstić information content (AvgIpc) is 2.64. The molecule has 5 atom stereocenters. The largest absolute Gasteiger partial charge is 0.373 e. The van der Waals surface area contributed by atoms with E-state index in [1.165, 1.54) is 32.1 Å². The summed E-state index contributed by atoms with van der Waals surface area (Å²) in [6.07, 6.45) is 13.0. The van der Waals surface area contributed by atoms with E-state index in [-0.39, 0.29) is 12.0 Å². The van der Waals surface area contributed by atoms with E-state index in [9.17, 15) is 4.79 Å². The third-order valence-corrected chi connectivity index (χ3v) is 7.15. The Balaban J connectivity index is 1.78. The van der Waals surface area contributed by atoms with Crippen molar-refractivity contribution in [1.29, 1.82) is 0 Å². The van der Waals surface area contributed by atoms with Gasteiger partial charge in [-0.05, 0) is 68.6 Å². The van der Waals surface area contributed by atoms with E-state index in [0.717, 1.165) is 37.5 Å². The van der Waals surface area contributed by atoms with E-state index >= 15 is 0 Å². The van der Waals surface area contributed by atoms with Crippen molar-refractivity contribution >= 4 is 5.78 Å². The molecule has 24 heavy (non-hydrogen) atoms. The molecule has 3 aliphatic rings. The standard InChI is InChI=1S/C21H35NO2/c1-15-6-9-19-16(4-3-5-20(15)23)7-8-17-14-18(24-13-12-22)10-11-21(17,19)2/h14-16,18-19H,3-13,22H2,1-2H3. The van der Waals surface area contributed by atoms with E-state index in [1.807, 2.05) is 0 Å². The first-order valence-electron chi connectivity index (χ1n) is 10.1. The van der Waals surface area contributed by atoms with Crippen LogP contribution in [0.15, 0.2) is 11.6 Å². The maximum absolute atomic E-state index is 12.2. The van der Waals surface area contributed by atoms with Gasteiger partial charge in [0.2, 0.25) is 0 Å². The van der Waals surface area contributed by atoms with Crippen molar-refractivity contribution in [2.24, 2.45) is 28.9 Å². The van der Waals surface area contributed by atoms with Crippen LogP contribution in [0.2, 0.25) is 0 Å². The zero-order valence-corrected chi connectivity index (χ0v) is 15.6. The maximum atomic E-state index is 12.2. The van der Waals surface area contributed by atoms with Gasteiger partial charge in [0.1, 0.15) is 5.78 Å². The van der Waals surface area contributed by atoms with Crippen LogP contribution in [0.25, 0.3) is 0 Å². The lowest BCUT2D eigenvalue weighted by Gasteiger charge is -2.51. The predicted molar refractivity (Wildman–Crippen MR) is 97.7 cm³/mol. The highest BCUT2D eigenvalue weighted by molar-refractivity contribution is 5.80. The summed E-state index contributed by atoms with van der Waals surface area (Å²) in [5.74, 6) is 2.31. The topological polar surface area (TPSA) is 52.3 Å². The molecule has 0 radical (unpaired) electrons. The molecule has 0 saturated heterocycles. The van der Waals surface area contributed by atoms with E-state index in [4.69, 9.17) is 10.5 Å². The minimum absolute atomic E-state index is 0.255. The summed E-state index contributed by atoms with van der Waals surface area (Å²) in [6, 6.07) is 0. The first kappa shape index (κ1) is 18.1. The second-order valence-electron chi connectivity index (χ2n) is 8.59. The normalized spacial score (nSPS) is 40.6. The van der Waals surface area contributed by atoms with Crippen molar-refractivity contribution in [2.45, 2.75) is 77.7 Å². The Morgan fingerprint density at radius 2 is 2.04 bits per heavy atom. The molecule has 0 aromatic rings. The van der Waals surface area contributed by atoms with Crippen LogP contribution in [0.5, 0.6) is 0 Å². The second-order valence-corrected chi connectivity index (χ2v) is 8.59. The first-order valence-corrected chi connectivity index (χ1v) is 10.1. The van der Waals surface area contributed by atoms with Gasteiger partial charge in [0.25, 0.3) is 0 Å². The monoisotopic (exact) mass is 333 g/mol. The molecule has 2 fully saturated rings. The Bertz CT molecular complexity index is 486. The van der Waals surface area contributed by atoms with Crippen LogP contribution in [0.3, 0.4) is 0 Å². The highest BCUT2D eigenvalue weighted by Crippen LogP contribution is 2.56. The summed E-state index contributed by atoms with van der Waals surface area (Å²) in [5.41, 5.74) is 7.56. The van der Waals surface area contributed by atoms with Crippen LogP contribution in [0.1, 0.15) is 71.6 Å². The quantitative estimate of drug-likeness (QED) is 0.785. The fourth-order valence-electron chi connectivity index (χ4n) is 5.58. The smallest absolute Gasteiger partial charge is 0.135 e. The first-order chi connectivity index (χ1) is 11.5. The number of fused-ring (bicyclic) bond motifs is 3. The number of ether oxygens (including phenoxy) is 1. The Labute approximate surface area is 147 Å². The molecule has 0 spiro atoms. The van der Waals surface area contributed by atoms with Crippen LogP contribution < -0.4 is 5.73 Å². The van der Waals surface area contributed by atoms with Gasteiger partial charge in [0.05, 0.1) is 12.7 Å². The Morgan fingerprint density at radius 1 is 1.21 bits per heavy atom. The molecule has 3 rings (SSSR count). The lowest BCUT2D eigenvalue weighted by atomic mass is 9.54. The van der Waals surface area contributed by atoms with Crippen molar-refractivity contribution < 1.29 is 9.53 Å². The average molecular weight is 334 g/mol. The molecule has 0 amide bonds. The predicted octanol–water partition coefficient (Wildman–Crippen LogP) is 4.25. The summed E-state index contributed by atoms with van der Waals surface area (Å²) >= 11 is 0. The SMILES string of the molecule is CC1CCC2C(CCCC1=O)CCC1=CC(OCCN)CCC12C. The number of allylic oxidation sites excluding steroid dienone is 1. The molecule has 3 aliphatic carbocycles.